The molecule has 140 valence electrons. The maximum atomic E-state index is 12.8. The van der Waals surface area contributed by atoms with E-state index in [2.05, 4.69) is 5.32 Å². The number of hydrogen-bond acceptors (Lipinski definition) is 3. The Balaban J connectivity index is 1.62. The predicted molar refractivity (Wildman–Crippen MR) is 99.2 cm³/mol. The summed E-state index contributed by atoms with van der Waals surface area (Å²) in [5.41, 5.74) is 1.24. The van der Waals surface area contributed by atoms with Crippen LogP contribution in [0.2, 0.25) is 0 Å². The Bertz CT molecular complexity index is 933. The van der Waals surface area contributed by atoms with Gasteiger partial charge in [0.05, 0.1) is 10.4 Å². The van der Waals surface area contributed by atoms with E-state index in [9.17, 15) is 18.0 Å². The lowest BCUT2D eigenvalue weighted by atomic mass is 10.2. The summed E-state index contributed by atoms with van der Waals surface area (Å²) >= 11 is 1.21. The highest BCUT2D eigenvalue weighted by Crippen LogP contribution is 2.31. The van der Waals surface area contributed by atoms with Gasteiger partial charge in [-0.2, -0.15) is 13.2 Å². The van der Waals surface area contributed by atoms with Gasteiger partial charge in [-0.3, -0.25) is 4.79 Å². The quantitative estimate of drug-likeness (QED) is 0.587. The van der Waals surface area contributed by atoms with Crippen LogP contribution in [0.15, 0.2) is 60.0 Å². The van der Waals surface area contributed by atoms with Crippen molar-refractivity contribution >= 4 is 22.9 Å². The Morgan fingerprint density at radius 2 is 1.85 bits per heavy atom. The average molecular weight is 391 g/mol. The summed E-state index contributed by atoms with van der Waals surface area (Å²) in [7, 11) is 0. The number of amides is 1. The van der Waals surface area contributed by atoms with Crippen molar-refractivity contribution in [3.8, 4) is 5.75 Å². The van der Waals surface area contributed by atoms with Gasteiger partial charge in [0, 0.05) is 11.3 Å². The van der Waals surface area contributed by atoms with Crippen LogP contribution in [0.3, 0.4) is 0 Å². The number of benzene rings is 2. The zero-order chi connectivity index (χ0) is 19.4. The molecule has 0 fully saturated rings. The second-order valence-corrected chi connectivity index (χ2v) is 6.86. The molecule has 3 aromatic rings. The van der Waals surface area contributed by atoms with E-state index in [1.165, 1.54) is 23.5 Å². The molecule has 0 unspecified atom stereocenters. The molecule has 27 heavy (non-hydrogen) atoms. The van der Waals surface area contributed by atoms with E-state index in [1.54, 1.807) is 11.4 Å². The number of ether oxygens (including phenoxy) is 1. The van der Waals surface area contributed by atoms with Crippen molar-refractivity contribution in [1.29, 1.82) is 0 Å². The molecular formula is C20H16F3NO2S. The van der Waals surface area contributed by atoms with Crippen molar-refractivity contribution in [1.82, 2.24) is 0 Å². The van der Waals surface area contributed by atoms with Crippen LogP contribution < -0.4 is 10.1 Å². The van der Waals surface area contributed by atoms with E-state index in [4.69, 9.17) is 4.74 Å². The van der Waals surface area contributed by atoms with Gasteiger partial charge in [0.25, 0.3) is 5.91 Å². The van der Waals surface area contributed by atoms with Gasteiger partial charge < -0.3 is 10.1 Å². The number of halogens is 3. The van der Waals surface area contributed by atoms with Crippen molar-refractivity contribution in [2.75, 3.05) is 5.32 Å². The Labute approximate surface area is 158 Å². The molecule has 0 radical (unpaired) electrons. The predicted octanol–water partition coefficient (Wildman–Crippen LogP) is 5.91. The molecule has 0 bridgehead atoms. The first-order valence-electron chi connectivity index (χ1n) is 8.07. The minimum atomic E-state index is -4.45. The maximum Gasteiger partial charge on any atom is 0.416 e. The largest absolute Gasteiger partial charge is 0.489 e. The number of rotatable bonds is 5. The van der Waals surface area contributed by atoms with Crippen LogP contribution in [-0.2, 0) is 12.8 Å². The molecule has 1 heterocycles. The fourth-order valence-electron chi connectivity index (χ4n) is 2.34. The van der Waals surface area contributed by atoms with Crippen LogP contribution in [0.1, 0.15) is 26.4 Å². The molecule has 0 atom stereocenters. The number of hydrogen-bond donors (Lipinski definition) is 1. The third kappa shape index (κ3) is 5.10. The molecule has 1 N–H and O–H groups in total. The van der Waals surface area contributed by atoms with Gasteiger partial charge >= 0.3 is 6.18 Å². The van der Waals surface area contributed by atoms with Crippen LogP contribution in [0.5, 0.6) is 5.75 Å². The van der Waals surface area contributed by atoms with E-state index in [0.717, 1.165) is 29.0 Å². The van der Waals surface area contributed by atoms with Gasteiger partial charge in [-0.25, -0.2) is 0 Å². The Morgan fingerprint density at radius 1 is 1.11 bits per heavy atom. The number of carbonyl (C=O) groups is 1. The number of thiophene rings is 1. The molecular weight excluding hydrogens is 375 g/mol. The number of carbonyl (C=O) groups excluding carboxylic acids is 1. The highest BCUT2D eigenvalue weighted by Gasteiger charge is 2.30. The van der Waals surface area contributed by atoms with Crippen molar-refractivity contribution < 1.29 is 22.7 Å². The van der Waals surface area contributed by atoms with Gasteiger partial charge in [0.15, 0.2) is 0 Å². The fraction of sp³-hybridized carbons (Fsp3) is 0.150. The summed E-state index contributed by atoms with van der Waals surface area (Å²) in [5, 5.41) is 4.28. The zero-order valence-electron chi connectivity index (χ0n) is 14.3. The third-order valence-corrected chi connectivity index (χ3v) is 4.73. The highest BCUT2D eigenvalue weighted by molar-refractivity contribution is 7.12. The first-order valence-corrected chi connectivity index (χ1v) is 8.95. The third-order valence-electron chi connectivity index (χ3n) is 3.75. The Kier molecular flexibility index (Phi) is 5.51. The first kappa shape index (κ1) is 19.0. The zero-order valence-corrected chi connectivity index (χ0v) is 15.2. The molecule has 2 aromatic carbocycles. The number of alkyl halides is 3. The summed E-state index contributed by atoms with van der Waals surface area (Å²) in [6, 6.07) is 13.8. The lowest BCUT2D eigenvalue weighted by molar-refractivity contribution is -0.137. The SMILES string of the molecule is Cc1ccc(OCc2csc(C(=O)Nc3cccc(C(F)(F)F)c3)c2)cc1. The monoisotopic (exact) mass is 391 g/mol. The average Bonchev–Trinajstić information content (AvgIpc) is 3.10. The molecule has 0 aliphatic heterocycles. The molecule has 0 aliphatic carbocycles. The molecule has 0 spiro atoms. The van der Waals surface area contributed by atoms with Crippen LogP contribution in [0, 0.1) is 6.92 Å². The van der Waals surface area contributed by atoms with Crippen molar-refractivity contribution in [2.45, 2.75) is 19.7 Å². The lowest BCUT2D eigenvalue weighted by Crippen LogP contribution is -2.12. The van der Waals surface area contributed by atoms with E-state index >= 15 is 0 Å². The maximum absolute atomic E-state index is 12.8. The van der Waals surface area contributed by atoms with Crippen LogP contribution in [-0.4, -0.2) is 5.91 Å². The van der Waals surface area contributed by atoms with Crippen molar-refractivity contribution in [3.63, 3.8) is 0 Å². The van der Waals surface area contributed by atoms with Gasteiger partial charge in [-0.15, -0.1) is 11.3 Å². The summed E-state index contributed by atoms with van der Waals surface area (Å²) in [5.74, 6) is 0.266. The first-order chi connectivity index (χ1) is 12.8. The van der Waals surface area contributed by atoms with Crippen LogP contribution >= 0.6 is 11.3 Å². The molecule has 1 amide bonds. The Hall–Kier alpha value is -2.80. The minimum Gasteiger partial charge on any atom is -0.489 e. The lowest BCUT2D eigenvalue weighted by Gasteiger charge is -2.09. The van der Waals surface area contributed by atoms with E-state index < -0.39 is 17.6 Å². The molecule has 1 aromatic heterocycles. The molecule has 3 nitrogen and oxygen atoms in total. The standard InChI is InChI=1S/C20H16F3NO2S/c1-13-5-7-17(8-6-13)26-11-14-9-18(27-12-14)19(25)24-16-4-2-3-15(10-16)20(21,22)23/h2-10,12H,11H2,1H3,(H,24,25). The van der Waals surface area contributed by atoms with Gasteiger partial charge in [0.1, 0.15) is 12.4 Å². The highest BCUT2D eigenvalue weighted by atomic mass is 32.1. The van der Waals surface area contributed by atoms with Crippen molar-refractivity contribution in [3.05, 3.63) is 81.5 Å². The minimum absolute atomic E-state index is 0.0979. The summed E-state index contributed by atoms with van der Waals surface area (Å²) in [4.78, 5) is 12.7. The molecule has 0 saturated heterocycles. The molecule has 3 rings (SSSR count). The van der Waals surface area contributed by atoms with Gasteiger partial charge in [-0.05, 0) is 48.7 Å². The van der Waals surface area contributed by atoms with E-state index in [-0.39, 0.29) is 5.69 Å². The summed E-state index contributed by atoms with van der Waals surface area (Å²) in [6.45, 7) is 2.29. The summed E-state index contributed by atoms with van der Waals surface area (Å²) < 4.78 is 43.9. The fourth-order valence-corrected chi connectivity index (χ4v) is 3.13. The second-order valence-electron chi connectivity index (χ2n) is 5.95. The molecule has 7 heteroatoms. The van der Waals surface area contributed by atoms with E-state index in [1.807, 2.05) is 31.2 Å². The van der Waals surface area contributed by atoms with E-state index in [0.29, 0.717) is 11.5 Å². The van der Waals surface area contributed by atoms with Crippen LogP contribution in [0.25, 0.3) is 0 Å². The number of aryl methyl sites for hydroxylation is 1. The van der Waals surface area contributed by atoms with Gasteiger partial charge in [-0.1, -0.05) is 23.8 Å². The molecule has 0 aliphatic rings. The normalized spacial score (nSPS) is 11.3. The van der Waals surface area contributed by atoms with Crippen molar-refractivity contribution in [2.24, 2.45) is 0 Å². The number of anilines is 1. The molecule has 0 saturated carbocycles. The second kappa shape index (κ2) is 7.84. The van der Waals surface area contributed by atoms with Gasteiger partial charge in [0.2, 0.25) is 0 Å². The number of nitrogens with one attached hydrogen (secondary N) is 1. The smallest absolute Gasteiger partial charge is 0.416 e. The summed E-state index contributed by atoms with van der Waals surface area (Å²) in [6.07, 6.45) is -4.45. The topological polar surface area (TPSA) is 38.3 Å². The Morgan fingerprint density at radius 3 is 2.56 bits per heavy atom. The van der Waals surface area contributed by atoms with Crippen LogP contribution in [0.4, 0.5) is 18.9 Å².